The molecule has 1 heterocycles. The minimum Gasteiger partial charge on any atom is -0.496 e. The molecule has 2 aromatic rings. The molecule has 0 atom stereocenters. The molecule has 1 aromatic carbocycles. The molecular formula is C14H16N2O5S. The highest BCUT2D eigenvalue weighted by Gasteiger charge is 2.25. The Morgan fingerprint density at radius 1 is 1.36 bits per heavy atom. The standard InChI is InChI=1S/C14H16N2O5S/c1-16(9-7-13(17)18)22(19,20)12-6-5-11(21-2)10-4-3-8-15-14(10)12/h3-6,8H,7,9H2,1-2H3,(H,17,18). The van der Waals surface area contributed by atoms with E-state index in [1.54, 1.807) is 18.2 Å². The van der Waals surface area contributed by atoms with Gasteiger partial charge < -0.3 is 9.84 Å². The first-order valence-electron chi connectivity index (χ1n) is 6.47. The van der Waals surface area contributed by atoms with Crippen LogP contribution in [0.4, 0.5) is 0 Å². The number of sulfonamides is 1. The Balaban J connectivity index is 2.52. The number of hydrogen-bond donors (Lipinski definition) is 1. The second kappa shape index (κ2) is 6.29. The minimum atomic E-state index is -3.83. The number of carboxylic acid groups (broad SMARTS) is 1. The molecule has 0 saturated heterocycles. The van der Waals surface area contributed by atoms with Gasteiger partial charge in [0.15, 0.2) is 0 Å². The van der Waals surface area contributed by atoms with Crippen LogP contribution in [0.1, 0.15) is 6.42 Å². The van der Waals surface area contributed by atoms with Crippen molar-refractivity contribution in [1.29, 1.82) is 0 Å². The number of fused-ring (bicyclic) bond motifs is 1. The first-order chi connectivity index (χ1) is 10.4. The van der Waals surface area contributed by atoms with Crippen molar-refractivity contribution in [3.05, 3.63) is 30.5 Å². The number of benzene rings is 1. The second-order valence-corrected chi connectivity index (χ2v) is 6.65. The van der Waals surface area contributed by atoms with Crippen LogP contribution in [0, 0.1) is 0 Å². The van der Waals surface area contributed by atoms with Crippen molar-refractivity contribution in [2.24, 2.45) is 0 Å². The van der Waals surface area contributed by atoms with Crippen molar-refractivity contribution in [3.8, 4) is 5.75 Å². The van der Waals surface area contributed by atoms with Crippen molar-refractivity contribution in [2.75, 3.05) is 20.7 Å². The number of nitrogens with zero attached hydrogens (tertiary/aromatic N) is 2. The summed E-state index contributed by atoms with van der Waals surface area (Å²) in [4.78, 5) is 14.8. The average Bonchev–Trinajstić information content (AvgIpc) is 2.51. The molecule has 0 aliphatic rings. The van der Waals surface area contributed by atoms with Crippen LogP contribution < -0.4 is 4.74 Å². The molecule has 2 rings (SSSR count). The summed E-state index contributed by atoms with van der Waals surface area (Å²) >= 11 is 0. The molecule has 0 aliphatic carbocycles. The monoisotopic (exact) mass is 324 g/mol. The van der Waals surface area contributed by atoms with Gasteiger partial charge in [0, 0.05) is 25.2 Å². The number of pyridine rings is 1. The maximum absolute atomic E-state index is 12.6. The maximum atomic E-state index is 12.6. The van der Waals surface area contributed by atoms with E-state index in [1.165, 1.54) is 26.4 Å². The van der Waals surface area contributed by atoms with Crippen LogP contribution in [0.25, 0.3) is 10.9 Å². The fourth-order valence-electron chi connectivity index (χ4n) is 2.05. The lowest BCUT2D eigenvalue weighted by atomic mass is 10.2. The van der Waals surface area contributed by atoms with E-state index < -0.39 is 16.0 Å². The molecule has 7 nitrogen and oxygen atoms in total. The van der Waals surface area contributed by atoms with Crippen molar-refractivity contribution in [1.82, 2.24) is 9.29 Å². The summed E-state index contributed by atoms with van der Waals surface area (Å²) in [5.41, 5.74) is 0.295. The summed E-state index contributed by atoms with van der Waals surface area (Å²) in [6.45, 7) is -0.113. The van der Waals surface area contributed by atoms with Crippen molar-refractivity contribution in [2.45, 2.75) is 11.3 Å². The smallest absolute Gasteiger partial charge is 0.304 e. The molecule has 22 heavy (non-hydrogen) atoms. The summed E-state index contributed by atoms with van der Waals surface area (Å²) in [5.74, 6) is -0.532. The third-order valence-electron chi connectivity index (χ3n) is 3.24. The summed E-state index contributed by atoms with van der Waals surface area (Å²) in [5, 5.41) is 9.27. The summed E-state index contributed by atoms with van der Waals surface area (Å²) in [7, 11) is -0.995. The molecule has 0 radical (unpaired) electrons. The number of carbonyl (C=O) groups is 1. The van der Waals surface area contributed by atoms with Gasteiger partial charge in [0.05, 0.1) is 19.0 Å². The van der Waals surface area contributed by atoms with Crippen molar-refractivity contribution < 1.29 is 23.1 Å². The number of aromatic nitrogens is 1. The first-order valence-corrected chi connectivity index (χ1v) is 7.92. The van der Waals surface area contributed by atoms with Gasteiger partial charge >= 0.3 is 5.97 Å². The number of carboxylic acids is 1. The van der Waals surface area contributed by atoms with Crippen LogP contribution in [0.2, 0.25) is 0 Å². The molecule has 8 heteroatoms. The third kappa shape index (κ3) is 3.02. The Morgan fingerprint density at radius 2 is 2.09 bits per heavy atom. The van der Waals surface area contributed by atoms with Gasteiger partial charge in [0.25, 0.3) is 0 Å². The van der Waals surface area contributed by atoms with Gasteiger partial charge in [-0.3, -0.25) is 9.78 Å². The van der Waals surface area contributed by atoms with E-state index in [0.29, 0.717) is 16.7 Å². The lowest BCUT2D eigenvalue weighted by molar-refractivity contribution is -0.137. The van der Waals surface area contributed by atoms with Crippen LogP contribution in [0.5, 0.6) is 5.75 Å². The summed E-state index contributed by atoms with van der Waals surface area (Å²) < 4.78 is 31.4. The number of aliphatic carboxylic acids is 1. The normalized spacial score (nSPS) is 11.8. The fraction of sp³-hybridized carbons (Fsp3) is 0.286. The van der Waals surface area contributed by atoms with E-state index in [9.17, 15) is 13.2 Å². The van der Waals surface area contributed by atoms with E-state index in [-0.39, 0.29) is 17.9 Å². The quantitative estimate of drug-likeness (QED) is 0.861. The zero-order valence-electron chi connectivity index (χ0n) is 12.2. The zero-order chi connectivity index (χ0) is 16.3. The molecule has 0 spiro atoms. The molecule has 0 unspecified atom stereocenters. The Labute approximate surface area is 128 Å². The second-order valence-electron chi connectivity index (χ2n) is 4.64. The van der Waals surface area contributed by atoms with Crippen molar-refractivity contribution >= 4 is 26.9 Å². The summed E-state index contributed by atoms with van der Waals surface area (Å²) in [6.07, 6.45) is 1.23. The van der Waals surface area contributed by atoms with Gasteiger partial charge in [-0.15, -0.1) is 0 Å². The Morgan fingerprint density at radius 3 is 2.73 bits per heavy atom. The third-order valence-corrected chi connectivity index (χ3v) is 5.13. The number of hydrogen-bond acceptors (Lipinski definition) is 5. The highest BCUT2D eigenvalue weighted by atomic mass is 32.2. The fourth-order valence-corrected chi connectivity index (χ4v) is 3.36. The van der Waals surface area contributed by atoms with Gasteiger partial charge in [-0.2, -0.15) is 0 Å². The maximum Gasteiger partial charge on any atom is 0.304 e. The highest BCUT2D eigenvalue weighted by Crippen LogP contribution is 2.30. The SMILES string of the molecule is COc1ccc(S(=O)(=O)N(C)CCC(=O)O)c2ncccc12. The number of rotatable bonds is 6. The Bertz CT molecular complexity index is 804. The van der Waals surface area contributed by atoms with Gasteiger partial charge in [-0.25, -0.2) is 12.7 Å². The van der Waals surface area contributed by atoms with Crippen LogP contribution in [-0.4, -0.2) is 49.5 Å². The van der Waals surface area contributed by atoms with Crippen molar-refractivity contribution in [3.63, 3.8) is 0 Å². The number of methoxy groups -OCH3 is 1. The van der Waals surface area contributed by atoms with Gasteiger partial charge in [0.2, 0.25) is 10.0 Å². The molecule has 0 bridgehead atoms. The number of ether oxygens (including phenoxy) is 1. The lowest BCUT2D eigenvalue weighted by Crippen LogP contribution is -2.29. The molecule has 0 aliphatic heterocycles. The van der Waals surface area contributed by atoms with E-state index in [0.717, 1.165) is 4.31 Å². The van der Waals surface area contributed by atoms with Crippen LogP contribution >= 0.6 is 0 Å². The highest BCUT2D eigenvalue weighted by molar-refractivity contribution is 7.89. The van der Waals surface area contributed by atoms with Crippen LogP contribution in [-0.2, 0) is 14.8 Å². The first kappa shape index (κ1) is 16.2. The molecule has 118 valence electrons. The lowest BCUT2D eigenvalue weighted by Gasteiger charge is -2.17. The van der Waals surface area contributed by atoms with Crippen LogP contribution in [0.3, 0.4) is 0 Å². The topological polar surface area (TPSA) is 96.8 Å². The molecule has 0 saturated carbocycles. The Hall–Kier alpha value is -2.19. The average molecular weight is 324 g/mol. The van der Waals surface area contributed by atoms with E-state index in [1.807, 2.05) is 0 Å². The molecule has 0 amide bonds. The molecular weight excluding hydrogens is 308 g/mol. The van der Waals surface area contributed by atoms with Crippen LogP contribution in [0.15, 0.2) is 35.4 Å². The van der Waals surface area contributed by atoms with E-state index in [2.05, 4.69) is 4.98 Å². The zero-order valence-corrected chi connectivity index (χ0v) is 13.0. The predicted octanol–water partition coefficient (Wildman–Crippen LogP) is 1.34. The van der Waals surface area contributed by atoms with E-state index in [4.69, 9.17) is 9.84 Å². The van der Waals surface area contributed by atoms with Gasteiger partial charge in [-0.05, 0) is 24.3 Å². The summed E-state index contributed by atoms with van der Waals surface area (Å²) in [6, 6.07) is 6.38. The molecule has 0 fully saturated rings. The van der Waals surface area contributed by atoms with Gasteiger partial charge in [0.1, 0.15) is 10.6 Å². The minimum absolute atomic E-state index is 0.0248. The molecule has 1 N–H and O–H groups in total. The molecule has 1 aromatic heterocycles. The van der Waals surface area contributed by atoms with E-state index >= 15 is 0 Å². The van der Waals surface area contributed by atoms with Gasteiger partial charge in [-0.1, -0.05) is 0 Å². The Kier molecular flexibility index (Phi) is 4.62. The predicted molar refractivity (Wildman–Crippen MR) is 80.4 cm³/mol. The largest absolute Gasteiger partial charge is 0.496 e.